The summed E-state index contributed by atoms with van der Waals surface area (Å²) in [5.74, 6) is -0.406. The Morgan fingerprint density at radius 3 is 2.65 bits per heavy atom. The number of nitrogens with zero attached hydrogens (tertiary/aromatic N) is 3. The fourth-order valence-corrected chi connectivity index (χ4v) is 3.56. The first-order valence-electron chi connectivity index (χ1n) is 8.52. The zero-order chi connectivity index (χ0) is 18.9. The Morgan fingerprint density at radius 1 is 1.38 bits per heavy atom. The van der Waals surface area contributed by atoms with Gasteiger partial charge in [-0.15, -0.1) is 0 Å². The van der Waals surface area contributed by atoms with Crippen LogP contribution in [0.5, 0.6) is 0 Å². The van der Waals surface area contributed by atoms with Gasteiger partial charge in [0.25, 0.3) is 12.1 Å². The molecule has 0 unspecified atom stereocenters. The van der Waals surface area contributed by atoms with E-state index in [1.165, 1.54) is 10.9 Å². The lowest BCUT2D eigenvalue weighted by molar-refractivity contribution is -0.386. The standard InChI is InChI=1S/C17H19F2N3O4/c1-2-26-16(23)17(6-4-3-5-7-17)21-10-11-8-14(22(24)25)12(15(18)19)9-13(11)20-21/h8-10,15H,2-7H2,1H3. The molecule has 140 valence electrons. The van der Waals surface area contributed by atoms with Crippen LogP contribution in [0.2, 0.25) is 0 Å². The maximum Gasteiger partial charge on any atom is 0.334 e. The summed E-state index contributed by atoms with van der Waals surface area (Å²) in [6, 6.07) is 2.11. The van der Waals surface area contributed by atoms with Crippen molar-refractivity contribution in [3.63, 3.8) is 0 Å². The maximum atomic E-state index is 13.2. The minimum atomic E-state index is -2.99. The highest BCUT2D eigenvalue weighted by Gasteiger charge is 2.44. The van der Waals surface area contributed by atoms with Gasteiger partial charge in [0.1, 0.15) is 0 Å². The summed E-state index contributed by atoms with van der Waals surface area (Å²) in [5, 5.41) is 15.8. The molecule has 0 bridgehead atoms. The zero-order valence-corrected chi connectivity index (χ0v) is 14.3. The van der Waals surface area contributed by atoms with Gasteiger partial charge in [0, 0.05) is 17.6 Å². The average molecular weight is 367 g/mol. The van der Waals surface area contributed by atoms with Gasteiger partial charge in [0.15, 0.2) is 5.54 Å². The molecule has 1 aliphatic rings. The second-order valence-electron chi connectivity index (χ2n) is 6.41. The van der Waals surface area contributed by atoms with Crippen molar-refractivity contribution in [2.24, 2.45) is 0 Å². The van der Waals surface area contributed by atoms with Gasteiger partial charge in [-0.25, -0.2) is 13.6 Å². The predicted molar refractivity (Wildman–Crippen MR) is 89.0 cm³/mol. The van der Waals surface area contributed by atoms with Crippen molar-refractivity contribution in [1.82, 2.24) is 9.78 Å². The van der Waals surface area contributed by atoms with Crippen molar-refractivity contribution in [3.8, 4) is 0 Å². The molecule has 9 heteroatoms. The van der Waals surface area contributed by atoms with E-state index in [-0.39, 0.29) is 12.1 Å². The molecule has 0 aliphatic heterocycles. The predicted octanol–water partition coefficient (Wildman–Crippen LogP) is 4.10. The van der Waals surface area contributed by atoms with Crippen molar-refractivity contribution < 1.29 is 23.2 Å². The van der Waals surface area contributed by atoms with Crippen LogP contribution in [0.4, 0.5) is 14.5 Å². The molecule has 0 N–H and O–H groups in total. The van der Waals surface area contributed by atoms with Crippen LogP contribution in [0.15, 0.2) is 18.3 Å². The molecule has 7 nitrogen and oxygen atoms in total. The number of esters is 1. The smallest absolute Gasteiger partial charge is 0.334 e. The number of hydrogen-bond acceptors (Lipinski definition) is 5. The lowest BCUT2D eigenvalue weighted by Crippen LogP contribution is -2.45. The summed E-state index contributed by atoms with van der Waals surface area (Å²) in [4.78, 5) is 22.9. The first kappa shape index (κ1) is 18.2. The number of rotatable bonds is 5. The average Bonchev–Trinajstić information content (AvgIpc) is 3.04. The minimum Gasteiger partial charge on any atom is -0.464 e. The Kier molecular flexibility index (Phi) is 4.88. The van der Waals surface area contributed by atoms with Crippen LogP contribution in [-0.2, 0) is 15.1 Å². The van der Waals surface area contributed by atoms with Gasteiger partial charge >= 0.3 is 5.97 Å². The highest BCUT2D eigenvalue weighted by atomic mass is 19.3. The summed E-state index contributed by atoms with van der Waals surface area (Å²) in [5.41, 5.74) is -2.13. The number of halogens is 2. The van der Waals surface area contributed by atoms with Crippen LogP contribution in [0.25, 0.3) is 10.9 Å². The summed E-state index contributed by atoms with van der Waals surface area (Å²) in [7, 11) is 0. The molecule has 1 aromatic carbocycles. The molecule has 26 heavy (non-hydrogen) atoms. The first-order valence-corrected chi connectivity index (χ1v) is 8.52. The number of carbonyl (C=O) groups is 1. The third-order valence-electron chi connectivity index (χ3n) is 4.86. The van der Waals surface area contributed by atoms with Gasteiger partial charge in [-0.3, -0.25) is 14.8 Å². The number of ether oxygens (including phenoxy) is 1. The maximum absolute atomic E-state index is 13.2. The number of fused-ring (bicyclic) bond motifs is 1. The van der Waals surface area contributed by atoms with E-state index in [1.54, 1.807) is 6.92 Å². The van der Waals surface area contributed by atoms with Gasteiger partial charge in [0.05, 0.1) is 22.6 Å². The lowest BCUT2D eigenvalue weighted by atomic mass is 9.82. The molecule has 3 rings (SSSR count). The fraction of sp³-hybridized carbons (Fsp3) is 0.529. The molecule has 0 amide bonds. The molecule has 2 aromatic rings. The zero-order valence-electron chi connectivity index (χ0n) is 14.3. The molecule has 0 spiro atoms. The van der Waals surface area contributed by atoms with Crippen LogP contribution in [-0.4, -0.2) is 27.3 Å². The quantitative estimate of drug-likeness (QED) is 0.451. The molecular weight excluding hydrogens is 348 g/mol. The number of benzene rings is 1. The normalized spacial score (nSPS) is 16.8. The van der Waals surface area contributed by atoms with E-state index in [2.05, 4.69) is 5.10 Å². The fourth-order valence-electron chi connectivity index (χ4n) is 3.56. The van der Waals surface area contributed by atoms with Crippen molar-refractivity contribution in [2.75, 3.05) is 6.61 Å². The van der Waals surface area contributed by atoms with Gasteiger partial charge in [-0.1, -0.05) is 19.3 Å². The van der Waals surface area contributed by atoms with Gasteiger partial charge < -0.3 is 4.74 Å². The molecular formula is C17H19F2N3O4. The topological polar surface area (TPSA) is 87.3 Å². The van der Waals surface area contributed by atoms with E-state index in [0.29, 0.717) is 18.2 Å². The SMILES string of the molecule is CCOC(=O)C1(n2cc3cc([N+](=O)[O-])c(C(F)F)cc3n2)CCCCC1. The van der Waals surface area contributed by atoms with Crippen LogP contribution < -0.4 is 0 Å². The third kappa shape index (κ3) is 3.02. The van der Waals surface area contributed by atoms with Crippen LogP contribution in [0, 0.1) is 10.1 Å². The molecule has 1 aliphatic carbocycles. The Hall–Kier alpha value is -2.58. The first-order chi connectivity index (χ1) is 12.4. The lowest BCUT2D eigenvalue weighted by Gasteiger charge is -2.34. The van der Waals surface area contributed by atoms with Crippen molar-refractivity contribution in [2.45, 2.75) is 51.0 Å². The highest BCUT2D eigenvalue weighted by molar-refractivity contribution is 5.84. The molecule has 1 heterocycles. The molecule has 0 atom stereocenters. The molecule has 0 saturated heterocycles. The summed E-state index contributed by atoms with van der Waals surface area (Å²) >= 11 is 0. The second-order valence-corrected chi connectivity index (χ2v) is 6.41. The van der Waals surface area contributed by atoms with E-state index in [4.69, 9.17) is 4.74 Å². The van der Waals surface area contributed by atoms with E-state index >= 15 is 0 Å². The second kappa shape index (κ2) is 6.97. The number of alkyl halides is 2. The molecule has 1 aromatic heterocycles. The number of hydrogen-bond donors (Lipinski definition) is 0. The van der Waals surface area contributed by atoms with Crippen molar-refractivity contribution >= 4 is 22.6 Å². The van der Waals surface area contributed by atoms with Crippen molar-refractivity contribution in [3.05, 3.63) is 34.0 Å². The van der Waals surface area contributed by atoms with E-state index in [9.17, 15) is 23.7 Å². The molecule has 1 fully saturated rings. The Balaban J connectivity index is 2.14. The monoisotopic (exact) mass is 367 g/mol. The Labute approximate surface area is 148 Å². The number of carbonyl (C=O) groups excluding carboxylic acids is 1. The van der Waals surface area contributed by atoms with Crippen LogP contribution in [0.1, 0.15) is 51.0 Å². The highest BCUT2D eigenvalue weighted by Crippen LogP contribution is 2.38. The van der Waals surface area contributed by atoms with Crippen molar-refractivity contribution in [1.29, 1.82) is 0 Å². The number of nitro groups is 1. The Morgan fingerprint density at radius 2 is 2.08 bits per heavy atom. The summed E-state index contributed by atoms with van der Waals surface area (Å²) in [6.45, 7) is 1.94. The van der Waals surface area contributed by atoms with Gasteiger partial charge in [-0.05, 0) is 25.8 Å². The Bertz CT molecular complexity index is 844. The minimum absolute atomic E-state index is 0.195. The van der Waals surface area contributed by atoms with Crippen LogP contribution >= 0.6 is 0 Å². The van der Waals surface area contributed by atoms with E-state index in [1.807, 2.05) is 0 Å². The summed E-state index contributed by atoms with van der Waals surface area (Å²) < 4.78 is 33.0. The van der Waals surface area contributed by atoms with E-state index < -0.39 is 34.1 Å². The molecule has 0 radical (unpaired) electrons. The largest absolute Gasteiger partial charge is 0.464 e. The number of aromatic nitrogens is 2. The van der Waals surface area contributed by atoms with Gasteiger partial charge in [-0.2, -0.15) is 5.10 Å². The number of nitro benzene ring substituents is 1. The van der Waals surface area contributed by atoms with E-state index in [0.717, 1.165) is 31.4 Å². The van der Waals surface area contributed by atoms with Gasteiger partial charge in [0.2, 0.25) is 0 Å². The third-order valence-corrected chi connectivity index (χ3v) is 4.86. The summed E-state index contributed by atoms with van der Waals surface area (Å²) in [6.07, 6.45) is 2.21. The van der Waals surface area contributed by atoms with Crippen LogP contribution in [0.3, 0.4) is 0 Å². The molecule has 1 saturated carbocycles.